The lowest BCUT2D eigenvalue weighted by Crippen LogP contribution is -2.28. The molecule has 0 aromatic carbocycles. The Hall–Kier alpha value is -0.870. The molecular formula is C11H19N3O. The van der Waals surface area contributed by atoms with E-state index in [0.717, 1.165) is 31.0 Å². The van der Waals surface area contributed by atoms with Crippen LogP contribution in [0.25, 0.3) is 0 Å². The minimum absolute atomic E-state index is 0.0345. The molecule has 4 heteroatoms. The second kappa shape index (κ2) is 3.94. The first-order valence-corrected chi connectivity index (χ1v) is 5.51. The summed E-state index contributed by atoms with van der Waals surface area (Å²) in [7, 11) is 2.11. The number of rotatable bonds is 2. The lowest BCUT2D eigenvalue weighted by atomic mass is 9.96. The molecule has 0 unspecified atom stereocenters. The van der Waals surface area contributed by atoms with Gasteiger partial charge >= 0.3 is 0 Å². The molecule has 0 spiro atoms. The molecule has 1 aromatic rings. The van der Waals surface area contributed by atoms with Crippen LogP contribution in [0.5, 0.6) is 0 Å². The Morgan fingerprint density at radius 3 is 2.87 bits per heavy atom. The highest BCUT2D eigenvalue weighted by atomic mass is 16.5. The Balaban J connectivity index is 2.30. The zero-order chi connectivity index (χ0) is 11.0. The van der Waals surface area contributed by atoms with E-state index in [1.807, 2.05) is 0 Å². The molecule has 0 saturated heterocycles. The first kappa shape index (κ1) is 10.6. The lowest BCUT2D eigenvalue weighted by molar-refractivity contribution is 0.307. The van der Waals surface area contributed by atoms with Gasteiger partial charge in [-0.1, -0.05) is 19.0 Å². The number of likely N-dealkylation sites (N-methyl/N-ethyl adjacent to an activating group) is 1. The molecule has 0 bridgehead atoms. The van der Waals surface area contributed by atoms with E-state index >= 15 is 0 Å². The van der Waals surface area contributed by atoms with Crippen LogP contribution in [-0.4, -0.2) is 23.6 Å². The summed E-state index contributed by atoms with van der Waals surface area (Å²) in [6, 6.07) is -0.0345. The maximum Gasteiger partial charge on any atom is 0.158 e. The molecule has 1 aromatic heterocycles. The number of hydrogen-bond acceptors (Lipinski definition) is 4. The molecule has 0 fully saturated rings. The molecule has 2 rings (SSSR count). The minimum atomic E-state index is -0.0345. The van der Waals surface area contributed by atoms with Gasteiger partial charge < -0.3 is 15.2 Å². The molecule has 15 heavy (non-hydrogen) atoms. The van der Waals surface area contributed by atoms with Crippen molar-refractivity contribution in [1.29, 1.82) is 0 Å². The molecule has 0 radical (unpaired) electrons. The zero-order valence-corrected chi connectivity index (χ0v) is 9.66. The first-order valence-electron chi connectivity index (χ1n) is 5.51. The average Bonchev–Trinajstić information content (AvgIpc) is 2.59. The third-order valence-electron chi connectivity index (χ3n) is 3.08. The summed E-state index contributed by atoms with van der Waals surface area (Å²) in [6.45, 7) is 6.17. The Kier molecular flexibility index (Phi) is 2.80. The fraction of sp³-hybridized carbons (Fsp3) is 0.727. The molecular weight excluding hydrogens is 190 g/mol. The van der Waals surface area contributed by atoms with Crippen LogP contribution in [0.15, 0.2) is 4.52 Å². The molecule has 0 aliphatic carbocycles. The highest BCUT2D eigenvalue weighted by Gasteiger charge is 2.26. The topological polar surface area (TPSA) is 55.3 Å². The molecule has 1 aliphatic rings. The van der Waals surface area contributed by atoms with Gasteiger partial charge in [0.1, 0.15) is 0 Å². The Bertz CT molecular complexity index is 346. The van der Waals surface area contributed by atoms with Gasteiger partial charge in [0, 0.05) is 25.1 Å². The van der Waals surface area contributed by atoms with Gasteiger partial charge in [-0.25, -0.2) is 0 Å². The lowest BCUT2D eigenvalue weighted by Gasteiger charge is -2.22. The quantitative estimate of drug-likeness (QED) is 0.798. The second-order valence-electron chi connectivity index (χ2n) is 4.73. The first-order chi connectivity index (χ1) is 7.09. The Morgan fingerprint density at radius 1 is 1.47 bits per heavy atom. The van der Waals surface area contributed by atoms with Crippen molar-refractivity contribution in [2.45, 2.75) is 32.9 Å². The highest BCUT2D eigenvalue weighted by Crippen LogP contribution is 2.28. The van der Waals surface area contributed by atoms with E-state index in [4.69, 9.17) is 10.3 Å². The van der Waals surface area contributed by atoms with Crippen LogP contribution in [0, 0.1) is 5.92 Å². The van der Waals surface area contributed by atoms with E-state index in [-0.39, 0.29) is 6.04 Å². The van der Waals surface area contributed by atoms with Crippen molar-refractivity contribution < 1.29 is 4.52 Å². The number of aromatic nitrogens is 1. The Labute approximate surface area is 90.4 Å². The molecule has 1 atom stereocenters. The third kappa shape index (κ3) is 1.92. The minimum Gasteiger partial charge on any atom is -0.359 e. The summed E-state index contributed by atoms with van der Waals surface area (Å²) in [5.41, 5.74) is 8.41. The molecule has 4 nitrogen and oxygen atoms in total. The van der Waals surface area contributed by atoms with E-state index in [1.165, 1.54) is 5.56 Å². The maximum absolute atomic E-state index is 6.10. The predicted molar refractivity (Wildman–Crippen MR) is 58.3 cm³/mol. The summed E-state index contributed by atoms with van der Waals surface area (Å²) in [4.78, 5) is 2.27. The van der Waals surface area contributed by atoms with Crippen molar-refractivity contribution in [3.05, 3.63) is 17.0 Å². The van der Waals surface area contributed by atoms with Gasteiger partial charge in [0.05, 0.1) is 11.7 Å². The number of nitrogens with two attached hydrogens (primary N) is 1. The van der Waals surface area contributed by atoms with Gasteiger partial charge in [0.15, 0.2) is 5.76 Å². The van der Waals surface area contributed by atoms with E-state index in [1.54, 1.807) is 0 Å². The fourth-order valence-electron chi connectivity index (χ4n) is 1.93. The molecule has 2 N–H and O–H groups in total. The number of fused-ring (bicyclic) bond motifs is 1. The standard InChI is InChI=1S/C11H19N3O/c1-7(2)10(12)11-8-6-14(3)5-4-9(8)13-15-11/h7,10H,4-6,12H2,1-3H3/t10-/m0/s1. The molecule has 0 amide bonds. The SMILES string of the molecule is CC(C)[C@H](N)c1onc2c1CN(C)CC2. The number of nitrogens with zero attached hydrogens (tertiary/aromatic N) is 2. The van der Waals surface area contributed by atoms with Gasteiger partial charge in [-0.05, 0) is 13.0 Å². The van der Waals surface area contributed by atoms with Crippen molar-refractivity contribution in [2.75, 3.05) is 13.6 Å². The van der Waals surface area contributed by atoms with Crippen LogP contribution in [-0.2, 0) is 13.0 Å². The summed E-state index contributed by atoms with van der Waals surface area (Å²) in [6.07, 6.45) is 0.972. The summed E-state index contributed by atoms with van der Waals surface area (Å²) in [5, 5.41) is 4.11. The van der Waals surface area contributed by atoms with Crippen LogP contribution >= 0.6 is 0 Å². The van der Waals surface area contributed by atoms with Crippen molar-refractivity contribution in [3.63, 3.8) is 0 Å². The zero-order valence-electron chi connectivity index (χ0n) is 9.66. The molecule has 0 saturated carbocycles. The van der Waals surface area contributed by atoms with Gasteiger partial charge in [-0.2, -0.15) is 0 Å². The molecule has 2 heterocycles. The Morgan fingerprint density at radius 2 is 2.20 bits per heavy atom. The van der Waals surface area contributed by atoms with Crippen LogP contribution < -0.4 is 5.73 Å². The van der Waals surface area contributed by atoms with E-state index in [2.05, 4.69) is 31.0 Å². The normalized spacial score (nSPS) is 19.3. The van der Waals surface area contributed by atoms with E-state index in [0.29, 0.717) is 5.92 Å². The van der Waals surface area contributed by atoms with Crippen LogP contribution in [0.4, 0.5) is 0 Å². The van der Waals surface area contributed by atoms with E-state index in [9.17, 15) is 0 Å². The monoisotopic (exact) mass is 209 g/mol. The van der Waals surface area contributed by atoms with Gasteiger partial charge in [0.25, 0.3) is 0 Å². The van der Waals surface area contributed by atoms with Crippen molar-refractivity contribution in [3.8, 4) is 0 Å². The van der Waals surface area contributed by atoms with Crippen molar-refractivity contribution >= 4 is 0 Å². The van der Waals surface area contributed by atoms with E-state index < -0.39 is 0 Å². The largest absolute Gasteiger partial charge is 0.359 e. The van der Waals surface area contributed by atoms with Crippen LogP contribution in [0.1, 0.15) is 36.9 Å². The van der Waals surface area contributed by atoms with Crippen LogP contribution in [0.2, 0.25) is 0 Å². The van der Waals surface area contributed by atoms with Crippen molar-refractivity contribution in [2.24, 2.45) is 11.7 Å². The highest BCUT2D eigenvalue weighted by molar-refractivity contribution is 5.27. The average molecular weight is 209 g/mol. The predicted octanol–water partition coefficient (Wildman–Crippen LogP) is 1.32. The molecule has 1 aliphatic heterocycles. The smallest absolute Gasteiger partial charge is 0.158 e. The summed E-state index contributed by atoms with van der Waals surface area (Å²) < 4.78 is 5.39. The second-order valence-corrected chi connectivity index (χ2v) is 4.73. The number of hydrogen-bond donors (Lipinski definition) is 1. The fourth-order valence-corrected chi connectivity index (χ4v) is 1.93. The van der Waals surface area contributed by atoms with Crippen molar-refractivity contribution in [1.82, 2.24) is 10.1 Å². The van der Waals surface area contributed by atoms with Gasteiger partial charge in [-0.15, -0.1) is 0 Å². The third-order valence-corrected chi connectivity index (χ3v) is 3.08. The summed E-state index contributed by atoms with van der Waals surface area (Å²) >= 11 is 0. The van der Waals surface area contributed by atoms with Gasteiger partial charge in [-0.3, -0.25) is 0 Å². The van der Waals surface area contributed by atoms with Crippen LogP contribution in [0.3, 0.4) is 0 Å². The summed E-state index contributed by atoms with van der Waals surface area (Å²) in [5.74, 6) is 1.26. The molecule has 84 valence electrons. The maximum atomic E-state index is 6.10. The van der Waals surface area contributed by atoms with Gasteiger partial charge in [0.2, 0.25) is 0 Å².